The van der Waals surface area contributed by atoms with Crippen LogP contribution in [0, 0.1) is 11.6 Å². The van der Waals surface area contributed by atoms with Crippen molar-refractivity contribution in [3.05, 3.63) is 114 Å². The number of halogens is 2. The molecule has 1 aliphatic carbocycles. The van der Waals surface area contributed by atoms with Crippen LogP contribution in [0.2, 0.25) is 0 Å². The molecule has 194 valence electrons. The zero-order valence-electron chi connectivity index (χ0n) is 20.9. The van der Waals surface area contributed by atoms with E-state index >= 15 is 4.39 Å². The molecular weight excluding hydrogens is 484 g/mol. The summed E-state index contributed by atoms with van der Waals surface area (Å²) in [5.41, 5.74) is 2.14. The van der Waals surface area contributed by atoms with E-state index in [0.717, 1.165) is 37.7 Å². The maximum atomic E-state index is 15.3. The Labute approximate surface area is 220 Å². The molecule has 1 atom stereocenters. The fourth-order valence-electron chi connectivity index (χ4n) is 5.04. The summed E-state index contributed by atoms with van der Waals surface area (Å²) in [6.07, 6.45) is 4.81. The standard InChI is InChI=1S/C31H29F2N3O2/c32-23-17-15-22(16-18-23)29(30(37)34-24-11-5-2-6-12-24)36(28-14-8-7-13-25(28)33)31(38)27-20-19-26(35-27)21-9-3-1-4-10-21/h1,3-4,7-10,13-20,24,29,35H,2,5-6,11-12H2,(H,34,37)/t29-/m1/s1. The van der Waals surface area contributed by atoms with Gasteiger partial charge in [0.05, 0.1) is 5.69 Å². The number of nitrogens with zero attached hydrogens (tertiary/aromatic N) is 1. The molecule has 0 unspecified atom stereocenters. The number of hydrogen-bond donors (Lipinski definition) is 2. The van der Waals surface area contributed by atoms with E-state index in [-0.39, 0.29) is 17.4 Å². The molecule has 4 aromatic rings. The van der Waals surface area contributed by atoms with Gasteiger partial charge in [-0.1, -0.05) is 73.9 Å². The molecule has 1 fully saturated rings. The lowest BCUT2D eigenvalue weighted by Crippen LogP contribution is -2.47. The molecule has 0 aliphatic heterocycles. The molecule has 5 rings (SSSR count). The second-order valence-electron chi connectivity index (χ2n) is 9.58. The number of carbonyl (C=O) groups is 2. The maximum Gasteiger partial charge on any atom is 0.275 e. The number of aromatic amines is 1. The van der Waals surface area contributed by atoms with E-state index in [0.29, 0.717) is 11.3 Å². The molecule has 1 aromatic heterocycles. The van der Waals surface area contributed by atoms with Crippen LogP contribution in [-0.2, 0) is 4.79 Å². The SMILES string of the molecule is O=C(NC1CCCCC1)[C@@H](c1ccc(F)cc1)N(C(=O)c1ccc(-c2ccccc2)[nH]1)c1ccccc1F. The van der Waals surface area contributed by atoms with Gasteiger partial charge in [-0.2, -0.15) is 0 Å². The summed E-state index contributed by atoms with van der Waals surface area (Å²) >= 11 is 0. The lowest BCUT2D eigenvalue weighted by molar-refractivity contribution is -0.123. The third-order valence-electron chi connectivity index (χ3n) is 6.98. The van der Waals surface area contributed by atoms with E-state index in [4.69, 9.17) is 0 Å². The number of para-hydroxylation sites is 1. The molecule has 2 N–H and O–H groups in total. The zero-order chi connectivity index (χ0) is 26.5. The minimum absolute atomic E-state index is 0.0352. The highest BCUT2D eigenvalue weighted by Crippen LogP contribution is 2.33. The van der Waals surface area contributed by atoms with Gasteiger partial charge in [0.1, 0.15) is 23.4 Å². The first kappa shape index (κ1) is 25.4. The summed E-state index contributed by atoms with van der Waals surface area (Å²) in [6, 6.07) is 22.9. The molecule has 1 saturated carbocycles. The van der Waals surface area contributed by atoms with Gasteiger partial charge in [-0.25, -0.2) is 8.78 Å². The Hall–Kier alpha value is -4.26. The Morgan fingerprint density at radius 1 is 0.816 bits per heavy atom. The fraction of sp³-hybridized carbons (Fsp3) is 0.226. The van der Waals surface area contributed by atoms with Crippen LogP contribution in [0.5, 0.6) is 0 Å². The molecular formula is C31H29F2N3O2. The minimum Gasteiger partial charge on any atom is -0.351 e. The van der Waals surface area contributed by atoms with Crippen LogP contribution < -0.4 is 10.2 Å². The van der Waals surface area contributed by atoms with E-state index in [1.165, 1.54) is 47.4 Å². The molecule has 0 radical (unpaired) electrons. The summed E-state index contributed by atoms with van der Waals surface area (Å²) in [4.78, 5) is 32.2. The summed E-state index contributed by atoms with van der Waals surface area (Å²) < 4.78 is 29.1. The third kappa shape index (κ3) is 5.52. The van der Waals surface area contributed by atoms with Crippen molar-refractivity contribution >= 4 is 17.5 Å². The van der Waals surface area contributed by atoms with Crippen molar-refractivity contribution in [2.45, 2.75) is 44.2 Å². The molecule has 3 aromatic carbocycles. The first-order valence-electron chi connectivity index (χ1n) is 12.9. The summed E-state index contributed by atoms with van der Waals surface area (Å²) in [7, 11) is 0. The third-order valence-corrected chi connectivity index (χ3v) is 6.98. The van der Waals surface area contributed by atoms with Crippen LogP contribution in [-0.4, -0.2) is 22.8 Å². The predicted molar refractivity (Wildman–Crippen MR) is 144 cm³/mol. The van der Waals surface area contributed by atoms with Gasteiger partial charge in [0, 0.05) is 11.7 Å². The molecule has 0 spiro atoms. The quantitative estimate of drug-likeness (QED) is 0.286. The number of aromatic nitrogens is 1. The number of amides is 2. The monoisotopic (exact) mass is 513 g/mol. The average molecular weight is 514 g/mol. The van der Waals surface area contributed by atoms with E-state index < -0.39 is 29.5 Å². The highest BCUT2D eigenvalue weighted by Gasteiger charge is 2.36. The first-order valence-corrected chi connectivity index (χ1v) is 12.9. The number of hydrogen-bond acceptors (Lipinski definition) is 2. The number of rotatable bonds is 7. The highest BCUT2D eigenvalue weighted by atomic mass is 19.1. The minimum atomic E-state index is -1.22. The topological polar surface area (TPSA) is 65.2 Å². The van der Waals surface area contributed by atoms with Crippen LogP contribution >= 0.6 is 0 Å². The maximum absolute atomic E-state index is 15.3. The number of benzene rings is 3. The molecule has 0 saturated heterocycles. The Kier molecular flexibility index (Phi) is 7.63. The van der Waals surface area contributed by atoms with Crippen LogP contribution in [0.1, 0.15) is 54.2 Å². The van der Waals surface area contributed by atoms with Gasteiger partial charge >= 0.3 is 0 Å². The van der Waals surface area contributed by atoms with Gasteiger partial charge in [-0.15, -0.1) is 0 Å². The zero-order valence-corrected chi connectivity index (χ0v) is 20.9. The fourth-order valence-corrected chi connectivity index (χ4v) is 5.04. The Morgan fingerprint density at radius 3 is 2.21 bits per heavy atom. The van der Waals surface area contributed by atoms with E-state index in [1.54, 1.807) is 18.2 Å². The van der Waals surface area contributed by atoms with Gasteiger partial charge in [0.2, 0.25) is 5.91 Å². The Morgan fingerprint density at radius 2 is 1.50 bits per heavy atom. The van der Waals surface area contributed by atoms with Crippen molar-refractivity contribution < 1.29 is 18.4 Å². The van der Waals surface area contributed by atoms with E-state index in [2.05, 4.69) is 10.3 Å². The van der Waals surface area contributed by atoms with Gasteiger partial charge in [-0.05, 0) is 60.4 Å². The van der Waals surface area contributed by atoms with Gasteiger partial charge in [0.15, 0.2) is 0 Å². The van der Waals surface area contributed by atoms with Crippen LogP contribution in [0.25, 0.3) is 11.3 Å². The molecule has 2 amide bonds. The predicted octanol–water partition coefficient (Wildman–Crippen LogP) is 6.80. The second-order valence-corrected chi connectivity index (χ2v) is 9.58. The normalized spacial score (nSPS) is 14.6. The lowest BCUT2D eigenvalue weighted by atomic mass is 9.94. The van der Waals surface area contributed by atoms with E-state index in [9.17, 15) is 14.0 Å². The molecule has 1 heterocycles. The molecule has 5 nitrogen and oxygen atoms in total. The van der Waals surface area contributed by atoms with E-state index in [1.807, 2.05) is 30.3 Å². The lowest BCUT2D eigenvalue weighted by Gasteiger charge is -2.33. The first-order chi connectivity index (χ1) is 18.5. The number of nitrogens with one attached hydrogen (secondary N) is 2. The van der Waals surface area contributed by atoms with Crippen LogP contribution in [0.15, 0.2) is 91.0 Å². The van der Waals surface area contributed by atoms with Gasteiger partial charge < -0.3 is 10.3 Å². The summed E-state index contributed by atoms with van der Waals surface area (Å²) in [5, 5.41) is 3.08. The summed E-state index contributed by atoms with van der Waals surface area (Å²) in [5.74, 6) is -2.13. The Bertz CT molecular complexity index is 1400. The largest absolute Gasteiger partial charge is 0.351 e. The number of carbonyl (C=O) groups excluding carboxylic acids is 2. The Balaban J connectivity index is 1.58. The number of anilines is 1. The molecule has 0 bridgehead atoms. The average Bonchev–Trinajstić information content (AvgIpc) is 3.44. The smallest absolute Gasteiger partial charge is 0.275 e. The van der Waals surface area contributed by atoms with Gasteiger partial charge in [-0.3, -0.25) is 14.5 Å². The second kappa shape index (κ2) is 11.4. The molecule has 7 heteroatoms. The van der Waals surface area contributed by atoms with Crippen molar-refractivity contribution in [1.29, 1.82) is 0 Å². The van der Waals surface area contributed by atoms with Crippen molar-refractivity contribution in [3.63, 3.8) is 0 Å². The van der Waals surface area contributed by atoms with Crippen LogP contribution in [0.3, 0.4) is 0 Å². The number of H-pyrrole nitrogens is 1. The van der Waals surface area contributed by atoms with Crippen molar-refractivity contribution in [3.8, 4) is 11.3 Å². The highest BCUT2D eigenvalue weighted by molar-refractivity contribution is 6.09. The van der Waals surface area contributed by atoms with Crippen molar-refractivity contribution in [2.24, 2.45) is 0 Å². The summed E-state index contributed by atoms with van der Waals surface area (Å²) in [6.45, 7) is 0. The molecule has 38 heavy (non-hydrogen) atoms. The van der Waals surface area contributed by atoms with Gasteiger partial charge in [0.25, 0.3) is 5.91 Å². The van der Waals surface area contributed by atoms with Crippen molar-refractivity contribution in [1.82, 2.24) is 10.3 Å². The van der Waals surface area contributed by atoms with Crippen molar-refractivity contribution in [2.75, 3.05) is 4.90 Å². The van der Waals surface area contributed by atoms with Crippen LogP contribution in [0.4, 0.5) is 14.5 Å². The molecule has 1 aliphatic rings.